The van der Waals surface area contributed by atoms with Crippen LogP contribution >= 0.6 is 0 Å². The first-order chi connectivity index (χ1) is 8.62. The van der Waals surface area contributed by atoms with Gasteiger partial charge in [0, 0.05) is 19.1 Å². The van der Waals surface area contributed by atoms with Crippen molar-refractivity contribution in [2.75, 3.05) is 20.2 Å². The fourth-order valence-electron chi connectivity index (χ4n) is 2.77. The van der Waals surface area contributed by atoms with Gasteiger partial charge in [0.05, 0.1) is 7.11 Å². The first kappa shape index (κ1) is 11.9. The Kier molecular flexibility index (Phi) is 2.79. The Hall–Kier alpha value is -1.13. The molecule has 1 N–H and O–H groups in total. The molecule has 4 heteroatoms. The van der Waals surface area contributed by atoms with E-state index in [1.807, 2.05) is 0 Å². The number of likely N-dealkylation sites (tertiary alicyclic amines) is 1. The van der Waals surface area contributed by atoms with Gasteiger partial charge in [-0.15, -0.1) is 0 Å². The zero-order valence-electron chi connectivity index (χ0n) is 10.5. The highest BCUT2D eigenvalue weighted by atomic mass is 19.1. The lowest BCUT2D eigenvalue weighted by Crippen LogP contribution is -2.31. The second kappa shape index (κ2) is 4.21. The number of hydrogen-bond donors (Lipinski definition) is 1. The van der Waals surface area contributed by atoms with E-state index in [1.54, 1.807) is 12.1 Å². The van der Waals surface area contributed by atoms with Crippen LogP contribution in [0, 0.1) is 5.82 Å². The van der Waals surface area contributed by atoms with Crippen LogP contribution in [-0.2, 0) is 5.60 Å². The van der Waals surface area contributed by atoms with E-state index in [2.05, 4.69) is 4.90 Å². The van der Waals surface area contributed by atoms with Gasteiger partial charge in [-0.2, -0.15) is 0 Å². The van der Waals surface area contributed by atoms with Gasteiger partial charge in [0.25, 0.3) is 0 Å². The third-order valence-electron chi connectivity index (χ3n) is 4.03. The van der Waals surface area contributed by atoms with Crippen LogP contribution in [0.1, 0.15) is 24.8 Å². The lowest BCUT2D eigenvalue weighted by molar-refractivity contribution is 0.0448. The molecule has 0 amide bonds. The topological polar surface area (TPSA) is 32.7 Å². The van der Waals surface area contributed by atoms with Gasteiger partial charge in [0.1, 0.15) is 5.60 Å². The summed E-state index contributed by atoms with van der Waals surface area (Å²) in [5, 5.41) is 10.6. The highest BCUT2D eigenvalue weighted by Crippen LogP contribution is 2.39. The van der Waals surface area contributed by atoms with E-state index in [9.17, 15) is 9.50 Å². The molecule has 3 rings (SSSR count). The lowest BCUT2D eigenvalue weighted by atomic mass is 9.93. The summed E-state index contributed by atoms with van der Waals surface area (Å²) in [6, 6.07) is 5.39. The highest BCUT2D eigenvalue weighted by Gasteiger charge is 2.43. The Labute approximate surface area is 106 Å². The summed E-state index contributed by atoms with van der Waals surface area (Å²) in [6.45, 7) is 1.51. The molecule has 1 aliphatic heterocycles. The molecule has 3 nitrogen and oxygen atoms in total. The largest absolute Gasteiger partial charge is 0.494 e. The van der Waals surface area contributed by atoms with Crippen molar-refractivity contribution in [3.8, 4) is 5.75 Å². The van der Waals surface area contributed by atoms with Gasteiger partial charge >= 0.3 is 0 Å². The molecule has 0 spiro atoms. The Morgan fingerprint density at radius 2 is 2.22 bits per heavy atom. The van der Waals surface area contributed by atoms with Crippen LogP contribution in [-0.4, -0.2) is 36.2 Å². The summed E-state index contributed by atoms with van der Waals surface area (Å²) in [7, 11) is 1.44. The van der Waals surface area contributed by atoms with E-state index >= 15 is 0 Å². The number of benzene rings is 1. The Morgan fingerprint density at radius 1 is 1.44 bits per heavy atom. The third kappa shape index (κ3) is 1.99. The molecule has 1 saturated heterocycles. The van der Waals surface area contributed by atoms with E-state index < -0.39 is 11.4 Å². The molecule has 0 aromatic heterocycles. The van der Waals surface area contributed by atoms with Crippen LogP contribution in [0.2, 0.25) is 0 Å². The van der Waals surface area contributed by atoms with Gasteiger partial charge in [-0.05, 0) is 37.0 Å². The second-order valence-corrected chi connectivity index (χ2v) is 5.33. The summed E-state index contributed by atoms with van der Waals surface area (Å²) in [6.07, 6.45) is 3.13. The van der Waals surface area contributed by atoms with Crippen LogP contribution in [0.25, 0.3) is 0 Å². The first-order valence-corrected chi connectivity index (χ1v) is 6.43. The van der Waals surface area contributed by atoms with E-state index in [-0.39, 0.29) is 5.75 Å². The molecule has 1 aromatic carbocycles. The van der Waals surface area contributed by atoms with Crippen LogP contribution in [0.15, 0.2) is 18.2 Å². The molecule has 0 bridgehead atoms. The number of halogens is 1. The number of aliphatic hydroxyl groups is 1. The summed E-state index contributed by atoms with van der Waals surface area (Å²) in [5.74, 6) is -0.187. The standard InChI is InChI=1S/C14H18FNO2/c1-18-13-5-2-10(8-12(13)15)14(17)6-7-16(9-14)11-3-4-11/h2,5,8,11,17H,3-4,6-7,9H2,1H3. The third-order valence-corrected chi connectivity index (χ3v) is 4.03. The molecule has 98 valence electrons. The van der Waals surface area contributed by atoms with Gasteiger partial charge in [-0.3, -0.25) is 4.90 Å². The number of rotatable bonds is 3. The van der Waals surface area contributed by atoms with Crippen molar-refractivity contribution in [2.45, 2.75) is 30.9 Å². The number of hydrogen-bond acceptors (Lipinski definition) is 3. The minimum atomic E-state index is -0.907. The molecular weight excluding hydrogens is 233 g/mol. The Bertz CT molecular complexity index is 461. The summed E-state index contributed by atoms with van der Waals surface area (Å²) in [4.78, 5) is 2.31. The van der Waals surface area contributed by atoms with E-state index in [0.29, 0.717) is 24.6 Å². The van der Waals surface area contributed by atoms with E-state index in [1.165, 1.54) is 26.0 Å². The molecule has 1 aromatic rings. The number of β-amino-alcohol motifs (C(OH)–C–C–N with tert-alkyl or cyclic N) is 1. The van der Waals surface area contributed by atoms with Gasteiger partial charge in [-0.25, -0.2) is 4.39 Å². The van der Waals surface area contributed by atoms with E-state index in [4.69, 9.17) is 4.74 Å². The van der Waals surface area contributed by atoms with Crippen molar-refractivity contribution < 1.29 is 14.2 Å². The normalized spacial score (nSPS) is 28.6. The van der Waals surface area contributed by atoms with Crippen molar-refractivity contribution in [2.24, 2.45) is 0 Å². The molecule has 2 aliphatic rings. The fraction of sp³-hybridized carbons (Fsp3) is 0.571. The Balaban J connectivity index is 1.83. The highest BCUT2D eigenvalue weighted by molar-refractivity contribution is 5.33. The van der Waals surface area contributed by atoms with Crippen molar-refractivity contribution in [3.63, 3.8) is 0 Å². The van der Waals surface area contributed by atoms with Crippen molar-refractivity contribution in [3.05, 3.63) is 29.6 Å². The molecule has 1 atom stereocenters. The Morgan fingerprint density at radius 3 is 2.83 bits per heavy atom. The zero-order valence-corrected chi connectivity index (χ0v) is 10.5. The predicted octanol–water partition coefficient (Wildman–Crippen LogP) is 1.89. The van der Waals surface area contributed by atoms with Crippen molar-refractivity contribution in [1.82, 2.24) is 4.90 Å². The number of nitrogens with zero attached hydrogens (tertiary/aromatic N) is 1. The summed E-state index contributed by atoms with van der Waals surface area (Å²) >= 11 is 0. The quantitative estimate of drug-likeness (QED) is 0.890. The molecule has 2 fully saturated rings. The first-order valence-electron chi connectivity index (χ1n) is 6.43. The second-order valence-electron chi connectivity index (χ2n) is 5.33. The van der Waals surface area contributed by atoms with Crippen LogP contribution in [0.4, 0.5) is 4.39 Å². The van der Waals surface area contributed by atoms with Crippen LogP contribution in [0.5, 0.6) is 5.75 Å². The summed E-state index contributed by atoms with van der Waals surface area (Å²) in [5.41, 5.74) is -0.251. The number of ether oxygens (including phenoxy) is 1. The predicted molar refractivity (Wildman–Crippen MR) is 66.1 cm³/mol. The van der Waals surface area contributed by atoms with Gasteiger partial charge in [0.2, 0.25) is 0 Å². The van der Waals surface area contributed by atoms with Crippen LogP contribution < -0.4 is 4.74 Å². The molecule has 1 saturated carbocycles. The van der Waals surface area contributed by atoms with Crippen LogP contribution in [0.3, 0.4) is 0 Å². The van der Waals surface area contributed by atoms with Gasteiger partial charge < -0.3 is 9.84 Å². The van der Waals surface area contributed by atoms with Gasteiger partial charge in [0.15, 0.2) is 11.6 Å². The smallest absolute Gasteiger partial charge is 0.165 e. The fourth-order valence-corrected chi connectivity index (χ4v) is 2.77. The molecule has 0 radical (unpaired) electrons. The molecule has 1 aliphatic carbocycles. The maximum Gasteiger partial charge on any atom is 0.165 e. The van der Waals surface area contributed by atoms with E-state index in [0.717, 1.165) is 6.54 Å². The SMILES string of the molecule is COc1ccc(C2(O)CCN(C3CC3)C2)cc1F. The molecule has 18 heavy (non-hydrogen) atoms. The van der Waals surface area contributed by atoms with Crippen molar-refractivity contribution in [1.29, 1.82) is 0 Å². The minimum absolute atomic E-state index is 0.222. The van der Waals surface area contributed by atoms with Gasteiger partial charge in [-0.1, -0.05) is 6.07 Å². The van der Waals surface area contributed by atoms with Crippen molar-refractivity contribution >= 4 is 0 Å². The average molecular weight is 251 g/mol. The number of methoxy groups -OCH3 is 1. The maximum absolute atomic E-state index is 13.7. The molecule has 1 heterocycles. The lowest BCUT2D eigenvalue weighted by Gasteiger charge is -2.24. The molecular formula is C14H18FNO2. The minimum Gasteiger partial charge on any atom is -0.494 e. The summed E-state index contributed by atoms with van der Waals surface area (Å²) < 4.78 is 18.6. The monoisotopic (exact) mass is 251 g/mol. The zero-order chi connectivity index (χ0) is 12.8. The molecule has 1 unspecified atom stereocenters. The maximum atomic E-state index is 13.7. The average Bonchev–Trinajstić information content (AvgIpc) is 3.13.